The Morgan fingerprint density at radius 2 is 1.67 bits per heavy atom. The van der Waals surface area contributed by atoms with Gasteiger partial charge in [0.05, 0.1) is 13.2 Å². The molecule has 1 saturated heterocycles. The van der Waals surface area contributed by atoms with E-state index in [0.29, 0.717) is 41.3 Å². The van der Waals surface area contributed by atoms with Gasteiger partial charge in [0.1, 0.15) is 5.78 Å². The van der Waals surface area contributed by atoms with Crippen molar-refractivity contribution in [3.8, 4) is 0 Å². The van der Waals surface area contributed by atoms with Crippen LogP contribution < -0.4 is 0 Å². The minimum Gasteiger partial charge on any atom is -0.347 e. The van der Waals surface area contributed by atoms with E-state index in [4.69, 9.17) is 9.47 Å². The fourth-order valence-electron chi connectivity index (χ4n) is 6.65. The third kappa shape index (κ3) is 0.388. The zero-order valence-corrected chi connectivity index (χ0v) is 8.26. The molecule has 1 spiro atoms. The molecule has 0 aromatic carbocycles. The highest BCUT2D eigenvalue weighted by atomic mass is 16.7. The summed E-state index contributed by atoms with van der Waals surface area (Å²) in [5, 5.41) is 0. The average molecular weight is 204 g/mol. The minimum absolute atomic E-state index is 0.276. The van der Waals surface area contributed by atoms with Crippen molar-refractivity contribution in [3.63, 3.8) is 0 Å². The van der Waals surface area contributed by atoms with Crippen LogP contribution in [-0.4, -0.2) is 24.8 Å². The Bertz CT molecular complexity index is 425. The topological polar surface area (TPSA) is 35.5 Å². The van der Waals surface area contributed by atoms with Crippen molar-refractivity contribution in [2.75, 3.05) is 13.2 Å². The maximum atomic E-state index is 12.1. The lowest BCUT2D eigenvalue weighted by atomic mass is 9.41. The molecule has 1 heterocycles. The number of carbonyl (C=O) groups excluding carboxylic acids is 1. The number of rotatable bonds is 0. The molecule has 7 rings (SSSR count). The van der Waals surface area contributed by atoms with Crippen LogP contribution in [0.2, 0.25) is 0 Å². The second-order valence-corrected chi connectivity index (χ2v) is 6.23. The smallest absolute Gasteiger partial charge is 0.175 e. The first kappa shape index (κ1) is 7.02. The SMILES string of the molecule is O=C1[C@H]2[C@H]3[C@@H]4[C@@H]2[C@@H]2[C@@H]1[C@@H]3[C@@H]4C21OCCO1. The second-order valence-electron chi connectivity index (χ2n) is 6.23. The van der Waals surface area contributed by atoms with Crippen molar-refractivity contribution < 1.29 is 14.3 Å². The Labute approximate surface area is 87.1 Å². The highest BCUT2D eigenvalue weighted by Gasteiger charge is 2.95. The summed E-state index contributed by atoms with van der Waals surface area (Å²) < 4.78 is 11.9. The fraction of sp³-hybridized carbons (Fsp3) is 0.917. The van der Waals surface area contributed by atoms with Gasteiger partial charge in [-0.2, -0.15) is 0 Å². The first-order valence-corrected chi connectivity index (χ1v) is 6.18. The Hall–Kier alpha value is -0.410. The minimum atomic E-state index is -0.276. The van der Waals surface area contributed by atoms with Gasteiger partial charge < -0.3 is 9.47 Å². The van der Waals surface area contributed by atoms with Gasteiger partial charge in [0.2, 0.25) is 0 Å². The first-order valence-electron chi connectivity index (χ1n) is 6.18. The number of hydrogen-bond donors (Lipinski definition) is 0. The Balaban J connectivity index is 1.66. The van der Waals surface area contributed by atoms with Crippen LogP contribution in [0.15, 0.2) is 0 Å². The van der Waals surface area contributed by atoms with Gasteiger partial charge in [0.15, 0.2) is 5.79 Å². The van der Waals surface area contributed by atoms with Gasteiger partial charge in [-0.05, 0) is 23.7 Å². The number of ether oxygens (including phenoxy) is 2. The molecule has 6 saturated carbocycles. The summed E-state index contributed by atoms with van der Waals surface area (Å²) in [6.07, 6.45) is 0. The summed E-state index contributed by atoms with van der Waals surface area (Å²) in [5.41, 5.74) is 0. The highest BCUT2D eigenvalue weighted by molar-refractivity contribution is 5.94. The van der Waals surface area contributed by atoms with Gasteiger partial charge in [-0.25, -0.2) is 0 Å². The molecule has 3 heteroatoms. The van der Waals surface area contributed by atoms with E-state index in [1.165, 1.54) is 0 Å². The summed E-state index contributed by atoms with van der Waals surface area (Å²) in [6, 6.07) is 0. The van der Waals surface area contributed by atoms with Gasteiger partial charge in [-0.1, -0.05) is 0 Å². The predicted octanol–water partition coefficient (Wildman–Crippen LogP) is 0.296. The second kappa shape index (κ2) is 1.61. The molecule has 0 unspecified atom stereocenters. The lowest BCUT2D eigenvalue weighted by molar-refractivity contribution is -0.225. The average Bonchev–Trinajstić information content (AvgIpc) is 2.87. The molecule has 7 fully saturated rings. The molecule has 3 nitrogen and oxygen atoms in total. The first-order chi connectivity index (χ1) is 7.36. The van der Waals surface area contributed by atoms with Crippen molar-refractivity contribution in [3.05, 3.63) is 0 Å². The summed E-state index contributed by atoms with van der Waals surface area (Å²) >= 11 is 0. The van der Waals surface area contributed by atoms with E-state index >= 15 is 0 Å². The van der Waals surface area contributed by atoms with E-state index in [0.717, 1.165) is 25.0 Å². The Kier molecular flexibility index (Phi) is 0.753. The third-order valence-electron chi connectivity index (χ3n) is 6.53. The van der Waals surface area contributed by atoms with E-state index in [-0.39, 0.29) is 5.79 Å². The van der Waals surface area contributed by atoms with E-state index in [1.54, 1.807) is 0 Å². The van der Waals surface area contributed by atoms with Crippen LogP contribution in [0, 0.1) is 47.3 Å². The lowest BCUT2D eigenvalue weighted by Crippen LogP contribution is -2.61. The normalized spacial score (nSPS) is 72.9. The maximum Gasteiger partial charge on any atom is 0.175 e. The number of ketones is 1. The zero-order chi connectivity index (χ0) is 9.52. The monoisotopic (exact) mass is 204 g/mol. The van der Waals surface area contributed by atoms with Crippen molar-refractivity contribution in [1.82, 2.24) is 0 Å². The predicted molar refractivity (Wildman–Crippen MR) is 47.6 cm³/mol. The van der Waals surface area contributed by atoms with Gasteiger partial charge >= 0.3 is 0 Å². The summed E-state index contributed by atoms with van der Waals surface area (Å²) in [4.78, 5) is 12.1. The molecular formula is C12H12O3. The number of Topliss-reactive ketones (excluding diaryl/α,β-unsaturated/α-hetero) is 1. The molecule has 0 amide bonds. The zero-order valence-electron chi connectivity index (χ0n) is 8.26. The van der Waals surface area contributed by atoms with Crippen molar-refractivity contribution in [2.45, 2.75) is 5.79 Å². The molecule has 78 valence electrons. The Morgan fingerprint density at radius 3 is 2.33 bits per heavy atom. The van der Waals surface area contributed by atoms with Gasteiger partial charge in [-0.3, -0.25) is 4.79 Å². The summed E-state index contributed by atoms with van der Waals surface area (Å²) in [6.45, 7) is 1.49. The number of carbonyl (C=O) groups is 1. The molecule has 8 atom stereocenters. The van der Waals surface area contributed by atoms with Crippen molar-refractivity contribution >= 4 is 5.78 Å². The molecule has 15 heavy (non-hydrogen) atoms. The molecule has 0 aromatic heterocycles. The van der Waals surface area contributed by atoms with Crippen LogP contribution in [0.3, 0.4) is 0 Å². The van der Waals surface area contributed by atoms with Gasteiger partial charge in [-0.15, -0.1) is 0 Å². The van der Waals surface area contributed by atoms with E-state index < -0.39 is 0 Å². The standard InChI is InChI=1S/C12H12O3/c13-11-7-3-4-6(7)10-8(11)5(3)9(4)12(10)14-1-2-15-12/h3-10H,1-2H2/t3-,4+,5+,6-,7-,8-,9+,10+/m0/s1. The molecule has 0 radical (unpaired) electrons. The van der Waals surface area contributed by atoms with E-state index in [1.807, 2.05) is 0 Å². The van der Waals surface area contributed by atoms with E-state index in [9.17, 15) is 4.79 Å². The third-order valence-corrected chi connectivity index (χ3v) is 6.53. The molecule has 1 aliphatic heterocycles. The van der Waals surface area contributed by atoms with Gasteiger partial charge in [0.25, 0.3) is 0 Å². The maximum absolute atomic E-state index is 12.1. The quantitative estimate of drug-likeness (QED) is 0.569. The Morgan fingerprint density at radius 1 is 0.933 bits per heavy atom. The molecule has 6 aliphatic carbocycles. The van der Waals surface area contributed by atoms with Crippen molar-refractivity contribution in [1.29, 1.82) is 0 Å². The molecule has 7 aliphatic rings. The van der Waals surface area contributed by atoms with Crippen molar-refractivity contribution in [2.24, 2.45) is 47.3 Å². The largest absolute Gasteiger partial charge is 0.347 e. The van der Waals surface area contributed by atoms with Crippen LogP contribution in [0.1, 0.15) is 0 Å². The van der Waals surface area contributed by atoms with E-state index in [2.05, 4.69) is 0 Å². The summed E-state index contributed by atoms with van der Waals surface area (Å²) in [5.74, 6) is 5.07. The van der Waals surface area contributed by atoms with Crippen LogP contribution in [0.25, 0.3) is 0 Å². The summed E-state index contributed by atoms with van der Waals surface area (Å²) in [7, 11) is 0. The molecular weight excluding hydrogens is 192 g/mol. The van der Waals surface area contributed by atoms with Gasteiger partial charge in [0, 0.05) is 23.7 Å². The number of hydrogen-bond acceptors (Lipinski definition) is 3. The molecule has 0 aromatic rings. The van der Waals surface area contributed by atoms with Crippen LogP contribution in [0.5, 0.6) is 0 Å². The van der Waals surface area contributed by atoms with Crippen LogP contribution in [-0.2, 0) is 14.3 Å². The fourth-order valence-corrected chi connectivity index (χ4v) is 6.65. The molecule has 4 bridgehead atoms. The van der Waals surface area contributed by atoms with Crippen LogP contribution in [0.4, 0.5) is 0 Å². The van der Waals surface area contributed by atoms with Crippen LogP contribution >= 0.6 is 0 Å². The molecule has 0 N–H and O–H groups in total. The highest BCUT2D eigenvalue weighted by Crippen LogP contribution is 2.90. The lowest BCUT2D eigenvalue weighted by Gasteiger charge is -2.61.